The summed E-state index contributed by atoms with van der Waals surface area (Å²) in [7, 11) is 0. The first-order chi connectivity index (χ1) is 9.95. The summed E-state index contributed by atoms with van der Waals surface area (Å²) >= 11 is 5.88. The van der Waals surface area contributed by atoms with Crippen molar-refractivity contribution in [3.63, 3.8) is 0 Å². The number of halogens is 1. The lowest BCUT2D eigenvalue weighted by atomic mass is 10.2. The molecular weight excluding hydrogens is 294 g/mol. The summed E-state index contributed by atoms with van der Waals surface area (Å²) in [6.07, 6.45) is 1.72. The van der Waals surface area contributed by atoms with E-state index in [9.17, 15) is 9.59 Å². The van der Waals surface area contributed by atoms with Crippen LogP contribution in [0.2, 0.25) is 5.02 Å². The minimum atomic E-state index is -1.09. The SMILES string of the molecule is Cc1ccc(Cl)cc1NC(=O)CCn1ccc(C(=O)O)n1. The quantitative estimate of drug-likeness (QED) is 0.889. The molecule has 6 nitrogen and oxygen atoms in total. The summed E-state index contributed by atoms with van der Waals surface area (Å²) in [5, 5.41) is 15.9. The molecule has 1 aromatic heterocycles. The molecule has 0 aliphatic rings. The Morgan fingerprint density at radius 3 is 2.81 bits per heavy atom. The molecule has 2 N–H and O–H groups in total. The third-order valence-electron chi connectivity index (χ3n) is 2.90. The summed E-state index contributed by atoms with van der Waals surface area (Å²) in [5.41, 5.74) is 1.54. The van der Waals surface area contributed by atoms with E-state index in [-0.39, 0.29) is 18.0 Å². The summed E-state index contributed by atoms with van der Waals surface area (Å²) in [6, 6.07) is 6.65. The lowest BCUT2D eigenvalue weighted by molar-refractivity contribution is -0.116. The standard InChI is InChI=1S/C14H14ClN3O3/c1-9-2-3-10(15)8-12(9)16-13(19)5-7-18-6-4-11(17-18)14(20)21/h2-4,6,8H,5,7H2,1H3,(H,16,19)(H,20,21). The zero-order chi connectivity index (χ0) is 15.4. The van der Waals surface area contributed by atoms with Crippen molar-refractivity contribution in [1.82, 2.24) is 9.78 Å². The fraction of sp³-hybridized carbons (Fsp3) is 0.214. The van der Waals surface area contributed by atoms with E-state index in [0.29, 0.717) is 17.3 Å². The maximum atomic E-state index is 11.9. The second-order valence-electron chi connectivity index (χ2n) is 4.53. The normalized spacial score (nSPS) is 10.4. The molecule has 0 spiro atoms. The number of carbonyl (C=O) groups is 2. The van der Waals surface area contributed by atoms with Crippen molar-refractivity contribution in [2.75, 3.05) is 5.32 Å². The van der Waals surface area contributed by atoms with Crippen molar-refractivity contribution in [3.8, 4) is 0 Å². The first-order valence-electron chi connectivity index (χ1n) is 6.28. The second kappa shape index (κ2) is 6.41. The Labute approximate surface area is 126 Å². The summed E-state index contributed by atoms with van der Waals surface area (Å²) < 4.78 is 1.42. The van der Waals surface area contributed by atoms with Crippen LogP contribution in [0.5, 0.6) is 0 Å². The van der Waals surface area contributed by atoms with Gasteiger partial charge < -0.3 is 10.4 Å². The van der Waals surface area contributed by atoms with Gasteiger partial charge in [0, 0.05) is 29.9 Å². The molecule has 1 amide bonds. The van der Waals surface area contributed by atoms with E-state index >= 15 is 0 Å². The molecule has 1 aromatic carbocycles. The van der Waals surface area contributed by atoms with E-state index in [4.69, 9.17) is 16.7 Å². The lowest BCUT2D eigenvalue weighted by Gasteiger charge is -2.08. The molecule has 21 heavy (non-hydrogen) atoms. The van der Waals surface area contributed by atoms with Crippen molar-refractivity contribution in [3.05, 3.63) is 46.7 Å². The molecule has 1 heterocycles. The molecule has 0 saturated carbocycles. The van der Waals surface area contributed by atoms with Crippen molar-refractivity contribution < 1.29 is 14.7 Å². The number of benzene rings is 1. The van der Waals surface area contributed by atoms with E-state index in [1.165, 1.54) is 16.9 Å². The van der Waals surface area contributed by atoms with Gasteiger partial charge in [0.1, 0.15) is 0 Å². The summed E-state index contributed by atoms with van der Waals surface area (Å²) in [4.78, 5) is 22.6. The van der Waals surface area contributed by atoms with Gasteiger partial charge >= 0.3 is 5.97 Å². The monoisotopic (exact) mass is 307 g/mol. The molecule has 110 valence electrons. The number of carboxylic acids is 1. The Kier molecular flexibility index (Phi) is 4.59. The van der Waals surface area contributed by atoms with Crippen molar-refractivity contribution in [2.24, 2.45) is 0 Å². The smallest absolute Gasteiger partial charge is 0.356 e. The molecule has 0 saturated heterocycles. The number of rotatable bonds is 5. The summed E-state index contributed by atoms with van der Waals surface area (Å²) in [5.74, 6) is -1.28. The molecule has 2 aromatic rings. The van der Waals surface area contributed by atoms with Gasteiger partial charge in [-0.25, -0.2) is 4.79 Å². The molecule has 2 rings (SSSR count). The molecule has 0 bridgehead atoms. The minimum absolute atomic E-state index is 0.0407. The van der Waals surface area contributed by atoms with Crippen LogP contribution in [0.4, 0.5) is 5.69 Å². The number of hydrogen-bond acceptors (Lipinski definition) is 3. The van der Waals surface area contributed by atoms with Gasteiger partial charge in [-0.3, -0.25) is 9.48 Å². The number of aryl methyl sites for hydroxylation is 2. The Hall–Kier alpha value is -2.34. The molecule has 0 radical (unpaired) electrons. The van der Waals surface area contributed by atoms with Crippen LogP contribution in [0, 0.1) is 6.92 Å². The number of carbonyl (C=O) groups excluding carboxylic acids is 1. The third-order valence-corrected chi connectivity index (χ3v) is 3.14. The first-order valence-corrected chi connectivity index (χ1v) is 6.66. The highest BCUT2D eigenvalue weighted by atomic mass is 35.5. The highest BCUT2D eigenvalue weighted by Crippen LogP contribution is 2.20. The number of hydrogen-bond donors (Lipinski definition) is 2. The van der Waals surface area contributed by atoms with Gasteiger partial charge in [0.25, 0.3) is 0 Å². The Bertz CT molecular complexity index is 682. The number of nitrogens with zero attached hydrogens (tertiary/aromatic N) is 2. The maximum absolute atomic E-state index is 11.9. The Balaban J connectivity index is 1.92. The van der Waals surface area contributed by atoms with E-state index in [1.54, 1.807) is 12.1 Å². The van der Waals surface area contributed by atoms with Gasteiger partial charge in [0.2, 0.25) is 5.91 Å². The van der Waals surface area contributed by atoms with E-state index < -0.39 is 5.97 Å². The maximum Gasteiger partial charge on any atom is 0.356 e. The molecule has 0 atom stereocenters. The van der Waals surface area contributed by atoms with Gasteiger partial charge in [0.15, 0.2) is 5.69 Å². The van der Waals surface area contributed by atoms with E-state index in [2.05, 4.69) is 10.4 Å². The van der Waals surface area contributed by atoms with Crippen LogP contribution in [0.1, 0.15) is 22.5 Å². The van der Waals surface area contributed by atoms with Crippen LogP contribution in [-0.4, -0.2) is 26.8 Å². The van der Waals surface area contributed by atoms with Crippen molar-refractivity contribution in [1.29, 1.82) is 0 Å². The zero-order valence-corrected chi connectivity index (χ0v) is 12.1. The molecule has 0 fully saturated rings. The fourth-order valence-electron chi connectivity index (χ4n) is 1.76. The van der Waals surface area contributed by atoms with Crippen LogP contribution >= 0.6 is 11.6 Å². The van der Waals surface area contributed by atoms with Crippen LogP contribution in [0.15, 0.2) is 30.5 Å². The number of nitrogens with one attached hydrogen (secondary N) is 1. The highest BCUT2D eigenvalue weighted by Gasteiger charge is 2.09. The predicted molar refractivity (Wildman–Crippen MR) is 78.6 cm³/mol. The molecule has 0 aliphatic carbocycles. The van der Waals surface area contributed by atoms with E-state index in [1.807, 2.05) is 13.0 Å². The van der Waals surface area contributed by atoms with Crippen molar-refractivity contribution in [2.45, 2.75) is 19.9 Å². The van der Waals surface area contributed by atoms with Gasteiger partial charge in [-0.05, 0) is 30.7 Å². The second-order valence-corrected chi connectivity index (χ2v) is 4.96. The molecule has 7 heteroatoms. The van der Waals surface area contributed by atoms with Gasteiger partial charge in [-0.15, -0.1) is 0 Å². The fourth-order valence-corrected chi connectivity index (χ4v) is 1.93. The van der Waals surface area contributed by atoms with Crippen LogP contribution in [0.3, 0.4) is 0 Å². The average Bonchev–Trinajstić information content (AvgIpc) is 2.90. The first kappa shape index (κ1) is 15.1. The number of aromatic carboxylic acids is 1. The predicted octanol–water partition coefficient (Wildman–Crippen LogP) is 2.57. The Morgan fingerprint density at radius 2 is 2.14 bits per heavy atom. The molecule has 0 unspecified atom stereocenters. The number of aromatic nitrogens is 2. The van der Waals surface area contributed by atoms with Gasteiger partial charge in [0.05, 0.1) is 0 Å². The van der Waals surface area contributed by atoms with Gasteiger partial charge in [-0.1, -0.05) is 17.7 Å². The number of carboxylic acid groups (broad SMARTS) is 1. The molecule has 0 aliphatic heterocycles. The lowest BCUT2D eigenvalue weighted by Crippen LogP contribution is -2.15. The highest BCUT2D eigenvalue weighted by molar-refractivity contribution is 6.31. The van der Waals surface area contributed by atoms with Crippen LogP contribution in [-0.2, 0) is 11.3 Å². The number of amides is 1. The molecular formula is C14H14ClN3O3. The van der Waals surface area contributed by atoms with E-state index in [0.717, 1.165) is 5.56 Å². The average molecular weight is 308 g/mol. The minimum Gasteiger partial charge on any atom is -0.476 e. The van der Waals surface area contributed by atoms with Crippen LogP contribution in [0.25, 0.3) is 0 Å². The Morgan fingerprint density at radius 1 is 1.38 bits per heavy atom. The zero-order valence-electron chi connectivity index (χ0n) is 11.3. The topological polar surface area (TPSA) is 84.2 Å². The van der Waals surface area contributed by atoms with Crippen molar-refractivity contribution >= 4 is 29.2 Å². The van der Waals surface area contributed by atoms with Gasteiger partial charge in [-0.2, -0.15) is 5.10 Å². The number of anilines is 1. The third kappa shape index (κ3) is 4.06. The summed E-state index contributed by atoms with van der Waals surface area (Å²) in [6.45, 7) is 2.18. The largest absolute Gasteiger partial charge is 0.476 e. The van der Waals surface area contributed by atoms with Crippen LogP contribution < -0.4 is 5.32 Å².